The number of anilines is 1. The van der Waals surface area contributed by atoms with E-state index in [9.17, 15) is 9.59 Å². The van der Waals surface area contributed by atoms with Crippen LogP contribution in [0.1, 0.15) is 20.8 Å². The topological polar surface area (TPSA) is 76.5 Å². The number of carbonyl (C=O) groups is 2. The molecular formula is C26H30N4O3. The minimum Gasteiger partial charge on any atom is -0.494 e. The van der Waals surface area contributed by atoms with Gasteiger partial charge in [-0.05, 0) is 19.1 Å². The lowest BCUT2D eigenvalue weighted by Gasteiger charge is -2.22. The molecule has 3 rings (SSSR count). The van der Waals surface area contributed by atoms with Crippen molar-refractivity contribution in [3.63, 3.8) is 0 Å². The molecule has 2 amide bonds. The summed E-state index contributed by atoms with van der Waals surface area (Å²) in [5.41, 5.74) is 2.44. The molecule has 1 heterocycles. The largest absolute Gasteiger partial charge is 0.494 e. The fourth-order valence-corrected chi connectivity index (χ4v) is 3.39. The van der Waals surface area contributed by atoms with Crippen LogP contribution in [0, 0.1) is 5.92 Å². The molecule has 0 aliphatic heterocycles. The molecule has 3 aromatic rings. The highest BCUT2D eigenvalue weighted by Gasteiger charge is 2.21. The van der Waals surface area contributed by atoms with Crippen LogP contribution in [0.25, 0.3) is 16.9 Å². The van der Waals surface area contributed by atoms with Crippen LogP contribution in [-0.2, 0) is 9.59 Å². The first-order chi connectivity index (χ1) is 15.9. The zero-order chi connectivity index (χ0) is 23.8. The van der Waals surface area contributed by atoms with Crippen LogP contribution in [0.3, 0.4) is 0 Å². The number of amides is 2. The van der Waals surface area contributed by atoms with Crippen LogP contribution in [0.2, 0.25) is 0 Å². The summed E-state index contributed by atoms with van der Waals surface area (Å²) < 4.78 is 7.44. The van der Waals surface area contributed by atoms with E-state index in [1.54, 1.807) is 19.9 Å². The number of hydrogen-bond donors (Lipinski definition) is 1. The van der Waals surface area contributed by atoms with Gasteiger partial charge in [-0.2, -0.15) is 0 Å². The third kappa shape index (κ3) is 6.10. The molecule has 0 fully saturated rings. The van der Waals surface area contributed by atoms with Crippen molar-refractivity contribution in [2.24, 2.45) is 5.92 Å². The molecule has 0 saturated heterocycles. The average Bonchev–Trinajstić information content (AvgIpc) is 3.23. The molecule has 1 N–H and O–H groups in total. The molecular weight excluding hydrogens is 416 g/mol. The molecule has 7 nitrogen and oxygen atoms in total. The zero-order valence-electron chi connectivity index (χ0n) is 19.3. The van der Waals surface area contributed by atoms with Gasteiger partial charge >= 0.3 is 0 Å². The van der Waals surface area contributed by atoms with Gasteiger partial charge in [-0.25, -0.2) is 4.98 Å². The summed E-state index contributed by atoms with van der Waals surface area (Å²) in [6, 6.07) is 17.3. The molecule has 7 heteroatoms. The maximum atomic E-state index is 12.9. The highest BCUT2D eigenvalue weighted by Crippen LogP contribution is 2.26. The number of ether oxygens (including phenoxy) is 1. The quantitative estimate of drug-likeness (QED) is 0.464. The van der Waals surface area contributed by atoms with Crippen molar-refractivity contribution in [1.29, 1.82) is 0 Å². The van der Waals surface area contributed by atoms with E-state index < -0.39 is 0 Å². The van der Waals surface area contributed by atoms with Crippen molar-refractivity contribution in [3.05, 3.63) is 73.4 Å². The number of carbonyl (C=O) groups excluding carboxylic acids is 2. The van der Waals surface area contributed by atoms with Crippen molar-refractivity contribution in [3.8, 4) is 22.7 Å². The van der Waals surface area contributed by atoms with E-state index in [-0.39, 0.29) is 24.3 Å². The van der Waals surface area contributed by atoms with E-state index in [1.165, 1.54) is 4.90 Å². The maximum Gasteiger partial charge on any atom is 0.246 e. The van der Waals surface area contributed by atoms with Crippen molar-refractivity contribution >= 4 is 17.8 Å². The molecule has 0 aliphatic rings. The van der Waals surface area contributed by atoms with Gasteiger partial charge in [0.2, 0.25) is 17.8 Å². The summed E-state index contributed by atoms with van der Waals surface area (Å²) in [5, 5.41) is 2.88. The van der Waals surface area contributed by atoms with E-state index in [0.29, 0.717) is 24.8 Å². The molecule has 0 unspecified atom stereocenters. The Labute approximate surface area is 194 Å². The second-order valence-corrected chi connectivity index (χ2v) is 7.83. The number of hydrogen-bond acceptors (Lipinski definition) is 4. The van der Waals surface area contributed by atoms with Crippen molar-refractivity contribution in [2.75, 3.05) is 25.0 Å². The van der Waals surface area contributed by atoms with Crippen LogP contribution in [0.4, 0.5) is 5.95 Å². The number of nitrogens with one attached hydrogen (secondary N) is 1. The Bertz CT molecular complexity index is 1110. The second kappa shape index (κ2) is 11.1. The van der Waals surface area contributed by atoms with Crippen LogP contribution >= 0.6 is 0 Å². The van der Waals surface area contributed by atoms with Gasteiger partial charge in [0.25, 0.3) is 0 Å². The Morgan fingerprint density at radius 2 is 1.94 bits per heavy atom. The summed E-state index contributed by atoms with van der Waals surface area (Å²) in [7, 11) is 0. The summed E-state index contributed by atoms with van der Waals surface area (Å²) in [6.45, 7) is 9.99. The van der Waals surface area contributed by atoms with E-state index in [0.717, 1.165) is 17.0 Å². The first kappa shape index (κ1) is 23.8. The number of imidazole rings is 1. The molecule has 0 saturated carbocycles. The molecule has 2 aromatic carbocycles. The number of rotatable bonds is 10. The van der Waals surface area contributed by atoms with E-state index in [4.69, 9.17) is 4.74 Å². The van der Waals surface area contributed by atoms with Crippen LogP contribution in [0.5, 0.6) is 5.75 Å². The van der Waals surface area contributed by atoms with Crippen LogP contribution < -0.4 is 10.1 Å². The summed E-state index contributed by atoms with van der Waals surface area (Å²) in [4.78, 5) is 31.5. The number of benzene rings is 2. The Balaban J connectivity index is 1.93. The minimum absolute atomic E-state index is 0.0877. The predicted octanol–water partition coefficient (Wildman–Crippen LogP) is 4.55. The highest BCUT2D eigenvalue weighted by atomic mass is 16.5. The van der Waals surface area contributed by atoms with Gasteiger partial charge in [0.15, 0.2) is 0 Å². The highest BCUT2D eigenvalue weighted by molar-refractivity contribution is 5.94. The van der Waals surface area contributed by atoms with Gasteiger partial charge in [-0.1, -0.05) is 56.3 Å². The van der Waals surface area contributed by atoms with Crippen molar-refractivity contribution in [2.45, 2.75) is 20.8 Å². The third-order valence-corrected chi connectivity index (χ3v) is 4.92. The summed E-state index contributed by atoms with van der Waals surface area (Å²) in [5.74, 6) is 0.428. The third-order valence-electron chi connectivity index (χ3n) is 4.92. The van der Waals surface area contributed by atoms with Gasteiger partial charge in [-0.3, -0.25) is 19.5 Å². The fraction of sp³-hybridized carbons (Fsp3) is 0.269. The smallest absolute Gasteiger partial charge is 0.246 e. The SMILES string of the molecule is C=CCN(CC(=O)Nc1nc(-c2ccccc2)cn1-c1cccc(OCC)c1)C(=O)C(C)C. The molecule has 172 valence electrons. The molecule has 0 atom stereocenters. The molecule has 0 spiro atoms. The lowest BCUT2D eigenvalue weighted by Crippen LogP contribution is -2.40. The average molecular weight is 447 g/mol. The number of aromatic nitrogens is 2. The monoisotopic (exact) mass is 446 g/mol. The van der Waals surface area contributed by atoms with Gasteiger partial charge < -0.3 is 9.64 Å². The van der Waals surface area contributed by atoms with Gasteiger partial charge in [-0.15, -0.1) is 6.58 Å². The lowest BCUT2D eigenvalue weighted by molar-refractivity contribution is -0.136. The summed E-state index contributed by atoms with van der Waals surface area (Å²) in [6.07, 6.45) is 3.48. The fourth-order valence-electron chi connectivity index (χ4n) is 3.39. The van der Waals surface area contributed by atoms with Crippen LogP contribution in [0.15, 0.2) is 73.4 Å². The molecule has 0 aliphatic carbocycles. The standard InChI is InChI=1S/C26H30N4O3/c1-5-15-29(25(32)19(3)4)18-24(31)28-26-27-23(20-11-8-7-9-12-20)17-30(26)21-13-10-14-22(16-21)33-6-2/h5,7-14,16-17,19H,1,6,15,18H2,2-4H3,(H,27,28,31). The Morgan fingerprint density at radius 3 is 2.61 bits per heavy atom. The Kier molecular flexibility index (Phi) is 8.02. The van der Waals surface area contributed by atoms with E-state index >= 15 is 0 Å². The second-order valence-electron chi connectivity index (χ2n) is 7.83. The van der Waals surface area contributed by atoms with Crippen molar-refractivity contribution < 1.29 is 14.3 Å². The van der Waals surface area contributed by atoms with Crippen LogP contribution in [-0.4, -0.2) is 46.0 Å². The molecule has 1 aromatic heterocycles. The predicted molar refractivity (Wildman–Crippen MR) is 130 cm³/mol. The molecule has 33 heavy (non-hydrogen) atoms. The summed E-state index contributed by atoms with van der Waals surface area (Å²) >= 11 is 0. The first-order valence-corrected chi connectivity index (χ1v) is 11.0. The van der Waals surface area contributed by atoms with E-state index in [1.807, 2.05) is 72.3 Å². The first-order valence-electron chi connectivity index (χ1n) is 11.0. The Morgan fingerprint density at radius 1 is 1.18 bits per heavy atom. The van der Waals surface area contributed by atoms with E-state index in [2.05, 4.69) is 16.9 Å². The maximum absolute atomic E-state index is 12.9. The van der Waals surface area contributed by atoms with Gasteiger partial charge in [0.1, 0.15) is 12.3 Å². The van der Waals surface area contributed by atoms with Crippen molar-refractivity contribution in [1.82, 2.24) is 14.5 Å². The van der Waals surface area contributed by atoms with Gasteiger partial charge in [0, 0.05) is 30.3 Å². The van der Waals surface area contributed by atoms with Gasteiger partial charge in [0.05, 0.1) is 18.0 Å². The Hall–Kier alpha value is -3.87. The minimum atomic E-state index is -0.335. The lowest BCUT2D eigenvalue weighted by atomic mass is 10.2. The zero-order valence-corrected chi connectivity index (χ0v) is 19.3. The molecule has 0 bridgehead atoms. The normalized spacial score (nSPS) is 10.7. The number of nitrogens with zero attached hydrogens (tertiary/aromatic N) is 3. The molecule has 0 radical (unpaired) electrons.